The van der Waals surface area contributed by atoms with Crippen LogP contribution < -0.4 is 5.32 Å². The Morgan fingerprint density at radius 1 is 1.48 bits per heavy atom. The Morgan fingerprint density at radius 2 is 2.29 bits per heavy atom. The molecule has 0 bridgehead atoms. The lowest BCUT2D eigenvalue weighted by molar-refractivity contribution is -0.120. The predicted molar refractivity (Wildman–Crippen MR) is 77.9 cm³/mol. The fourth-order valence-electron chi connectivity index (χ4n) is 2.63. The van der Waals surface area contributed by atoms with E-state index in [1.165, 1.54) is 0 Å². The van der Waals surface area contributed by atoms with Gasteiger partial charge in [-0.25, -0.2) is 0 Å². The van der Waals surface area contributed by atoms with Crippen molar-refractivity contribution in [2.45, 2.75) is 58.5 Å². The highest BCUT2D eigenvalue weighted by atomic mass is 16.5. The first-order valence-electron chi connectivity index (χ1n) is 7.82. The Balaban J connectivity index is 1.90. The van der Waals surface area contributed by atoms with Crippen molar-refractivity contribution in [1.82, 2.24) is 15.5 Å². The molecule has 1 aromatic heterocycles. The SMILES string of the molecule is CCCCNC(=O)Cc1noc([C@H]2CCO[C@@H]2C(C)C)n1. The molecule has 2 rings (SSSR count). The molecule has 1 fully saturated rings. The maximum Gasteiger partial charge on any atom is 0.232 e. The van der Waals surface area contributed by atoms with Crippen molar-refractivity contribution in [2.75, 3.05) is 13.2 Å². The van der Waals surface area contributed by atoms with Gasteiger partial charge in [0, 0.05) is 13.2 Å². The molecule has 2 atom stereocenters. The highest BCUT2D eigenvalue weighted by Gasteiger charge is 2.35. The minimum atomic E-state index is -0.0566. The normalized spacial score (nSPS) is 21.9. The van der Waals surface area contributed by atoms with Gasteiger partial charge in [-0.2, -0.15) is 4.98 Å². The summed E-state index contributed by atoms with van der Waals surface area (Å²) in [7, 11) is 0. The van der Waals surface area contributed by atoms with Crippen LogP contribution in [0.1, 0.15) is 57.7 Å². The number of hydrogen-bond acceptors (Lipinski definition) is 5. The molecular formula is C15H25N3O3. The van der Waals surface area contributed by atoms with Crippen molar-refractivity contribution < 1.29 is 14.1 Å². The molecule has 0 saturated carbocycles. The lowest BCUT2D eigenvalue weighted by Gasteiger charge is -2.18. The van der Waals surface area contributed by atoms with Gasteiger partial charge in [-0.15, -0.1) is 0 Å². The molecule has 1 aromatic rings. The molecule has 2 heterocycles. The van der Waals surface area contributed by atoms with Crippen LogP contribution in [-0.4, -0.2) is 35.3 Å². The van der Waals surface area contributed by atoms with E-state index in [0.29, 0.717) is 24.2 Å². The monoisotopic (exact) mass is 295 g/mol. The lowest BCUT2D eigenvalue weighted by atomic mass is 9.93. The van der Waals surface area contributed by atoms with Crippen LogP contribution in [-0.2, 0) is 16.0 Å². The van der Waals surface area contributed by atoms with E-state index in [0.717, 1.165) is 25.9 Å². The van der Waals surface area contributed by atoms with Crippen molar-refractivity contribution in [3.05, 3.63) is 11.7 Å². The molecule has 0 aliphatic carbocycles. The van der Waals surface area contributed by atoms with Crippen LogP contribution in [0.2, 0.25) is 0 Å². The second-order valence-corrected chi connectivity index (χ2v) is 5.90. The van der Waals surface area contributed by atoms with Gasteiger partial charge in [-0.3, -0.25) is 4.79 Å². The van der Waals surface area contributed by atoms with E-state index in [-0.39, 0.29) is 24.3 Å². The van der Waals surface area contributed by atoms with Gasteiger partial charge in [0.2, 0.25) is 11.8 Å². The Hall–Kier alpha value is -1.43. The van der Waals surface area contributed by atoms with Gasteiger partial charge in [0.05, 0.1) is 18.4 Å². The highest BCUT2D eigenvalue weighted by Crippen LogP contribution is 2.34. The fraction of sp³-hybridized carbons (Fsp3) is 0.800. The highest BCUT2D eigenvalue weighted by molar-refractivity contribution is 5.77. The molecule has 0 aromatic carbocycles. The smallest absolute Gasteiger partial charge is 0.232 e. The second-order valence-electron chi connectivity index (χ2n) is 5.90. The Labute approximate surface area is 125 Å². The van der Waals surface area contributed by atoms with Crippen LogP contribution in [0.15, 0.2) is 4.52 Å². The number of ether oxygens (including phenoxy) is 1. The van der Waals surface area contributed by atoms with E-state index in [4.69, 9.17) is 9.26 Å². The summed E-state index contributed by atoms with van der Waals surface area (Å²) in [6.07, 6.45) is 3.24. The summed E-state index contributed by atoms with van der Waals surface area (Å²) in [6, 6.07) is 0. The standard InChI is InChI=1S/C15H25N3O3/c1-4-5-7-16-13(19)9-12-17-15(21-18-12)11-6-8-20-14(11)10(2)3/h10-11,14H,4-9H2,1-3H3,(H,16,19)/t11-,14+/m0/s1. The van der Waals surface area contributed by atoms with Crippen LogP contribution in [0.4, 0.5) is 0 Å². The number of carbonyl (C=O) groups is 1. The average Bonchev–Trinajstić information content (AvgIpc) is 3.06. The molecule has 0 unspecified atom stereocenters. The lowest BCUT2D eigenvalue weighted by Crippen LogP contribution is -2.26. The first-order chi connectivity index (χ1) is 10.1. The van der Waals surface area contributed by atoms with Crippen LogP contribution in [0.25, 0.3) is 0 Å². The topological polar surface area (TPSA) is 77.2 Å². The number of rotatable bonds is 7. The summed E-state index contributed by atoms with van der Waals surface area (Å²) in [4.78, 5) is 16.1. The predicted octanol–water partition coefficient (Wildman–Crippen LogP) is 2.06. The van der Waals surface area contributed by atoms with E-state index in [1.54, 1.807) is 0 Å². The van der Waals surface area contributed by atoms with E-state index in [9.17, 15) is 4.79 Å². The fourth-order valence-corrected chi connectivity index (χ4v) is 2.63. The van der Waals surface area contributed by atoms with Gasteiger partial charge in [-0.05, 0) is 18.8 Å². The zero-order valence-corrected chi connectivity index (χ0v) is 13.1. The van der Waals surface area contributed by atoms with E-state index in [2.05, 4.69) is 36.2 Å². The number of nitrogens with zero attached hydrogens (tertiary/aromatic N) is 2. The van der Waals surface area contributed by atoms with Crippen LogP contribution in [0, 0.1) is 5.92 Å². The summed E-state index contributed by atoms with van der Waals surface area (Å²) in [5.41, 5.74) is 0. The third-order valence-corrected chi connectivity index (χ3v) is 3.76. The van der Waals surface area contributed by atoms with Crippen molar-refractivity contribution in [3.63, 3.8) is 0 Å². The average molecular weight is 295 g/mol. The Morgan fingerprint density at radius 3 is 3.00 bits per heavy atom. The van der Waals surface area contributed by atoms with E-state index in [1.807, 2.05) is 0 Å². The quantitative estimate of drug-likeness (QED) is 0.779. The molecule has 6 nitrogen and oxygen atoms in total. The zero-order valence-electron chi connectivity index (χ0n) is 13.1. The number of aromatic nitrogens is 2. The van der Waals surface area contributed by atoms with Gasteiger partial charge in [0.25, 0.3) is 0 Å². The molecule has 1 amide bonds. The van der Waals surface area contributed by atoms with Gasteiger partial charge in [0.15, 0.2) is 5.82 Å². The van der Waals surface area contributed by atoms with Crippen LogP contribution in [0.5, 0.6) is 0 Å². The van der Waals surface area contributed by atoms with Crippen molar-refractivity contribution in [2.24, 2.45) is 5.92 Å². The molecular weight excluding hydrogens is 270 g/mol. The largest absolute Gasteiger partial charge is 0.377 e. The third-order valence-electron chi connectivity index (χ3n) is 3.76. The first-order valence-corrected chi connectivity index (χ1v) is 7.82. The Kier molecular flexibility index (Phi) is 5.73. The minimum absolute atomic E-state index is 0.0566. The maximum atomic E-state index is 11.7. The van der Waals surface area contributed by atoms with Gasteiger partial charge in [-0.1, -0.05) is 32.3 Å². The van der Waals surface area contributed by atoms with Gasteiger partial charge >= 0.3 is 0 Å². The number of carbonyl (C=O) groups excluding carboxylic acids is 1. The van der Waals surface area contributed by atoms with E-state index >= 15 is 0 Å². The molecule has 1 N–H and O–H groups in total. The zero-order chi connectivity index (χ0) is 15.2. The molecule has 0 radical (unpaired) electrons. The summed E-state index contributed by atoms with van der Waals surface area (Å²) >= 11 is 0. The van der Waals surface area contributed by atoms with Crippen LogP contribution in [0.3, 0.4) is 0 Å². The first kappa shape index (κ1) is 15.9. The molecule has 1 aliphatic rings. The van der Waals surface area contributed by atoms with Crippen LogP contribution >= 0.6 is 0 Å². The van der Waals surface area contributed by atoms with E-state index < -0.39 is 0 Å². The van der Waals surface area contributed by atoms with Gasteiger partial charge in [0.1, 0.15) is 0 Å². The number of hydrogen-bond donors (Lipinski definition) is 1. The van der Waals surface area contributed by atoms with Crippen molar-refractivity contribution in [3.8, 4) is 0 Å². The summed E-state index contributed by atoms with van der Waals surface area (Å²) in [5.74, 6) is 1.55. The molecule has 1 saturated heterocycles. The second kappa shape index (κ2) is 7.54. The number of amides is 1. The summed E-state index contributed by atoms with van der Waals surface area (Å²) in [6.45, 7) is 7.77. The molecule has 21 heavy (non-hydrogen) atoms. The number of unbranched alkanes of at least 4 members (excludes halogenated alkanes) is 1. The minimum Gasteiger partial charge on any atom is -0.377 e. The van der Waals surface area contributed by atoms with Gasteiger partial charge < -0.3 is 14.6 Å². The Bertz CT molecular complexity index is 459. The summed E-state index contributed by atoms with van der Waals surface area (Å²) < 4.78 is 11.1. The third kappa shape index (κ3) is 4.27. The van der Waals surface area contributed by atoms with Crippen molar-refractivity contribution in [1.29, 1.82) is 0 Å². The molecule has 6 heteroatoms. The molecule has 0 spiro atoms. The van der Waals surface area contributed by atoms with Crippen molar-refractivity contribution >= 4 is 5.91 Å². The summed E-state index contributed by atoms with van der Waals surface area (Å²) in [5, 5.41) is 6.77. The maximum absolute atomic E-state index is 11.7. The molecule has 1 aliphatic heterocycles. The molecule has 118 valence electrons. The number of nitrogens with one attached hydrogen (secondary N) is 1.